The van der Waals surface area contributed by atoms with E-state index in [0.29, 0.717) is 10.5 Å². The number of primary amides is 1. The Morgan fingerprint density at radius 1 is 1.45 bits per heavy atom. The highest BCUT2D eigenvalue weighted by Gasteiger charge is 2.21. The number of hydrogen-bond acceptors (Lipinski definition) is 5. The Hall–Kier alpha value is -2.15. The number of nitrogens with two attached hydrogens (primary N) is 1. The molecule has 0 aliphatic carbocycles. The van der Waals surface area contributed by atoms with Crippen LogP contribution in [0.25, 0.3) is 10.2 Å². The summed E-state index contributed by atoms with van der Waals surface area (Å²) >= 11 is 1.16. The van der Waals surface area contributed by atoms with Crippen molar-refractivity contribution in [1.82, 2.24) is 4.98 Å². The number of pyridine rings is 1. The fourth-order valence-electron chi connectivity index (χ4n) is 2.00. The number of carbonyl (C=O) groups is 2. The number of fused-ring (bicyclic) bond motifs is 1. The lowest BCUT2D eigenvalue weighted by Gasteiger charge is -2.07. The predicted octanol–water partition coefficient (Wildman–Crippen LogP) is 2.58. The number of anilines is 1. The van der Waals surface area contributed by atoms with Gasteiger partial charge in [0.15, 0.2) is 0 Å². The van der Waals surface area contributed by atoms with Crippen molar-refractivity contribution in [2.45, 2.75) is 20.8 Å². The van der Waals surface area contributed by atoms with Gasteiger partial charge in [0.2, 0.25) is 0 Å². The molecule has 0 unspecified atom stereocenters. The fraction of sp³-hybridized carbons (Fsp3) is 0.308. The number of thiophene rings is 1. The van der Waals surface area contributed by atoms with Gasteiger partial charge in [-0.05, 0) is 32.4 Å². The van der Waals surface area contributed by atoms with E-state index < -0.39 is 12.0 Å². The minimum atomic E-state index is -0.616. The van der Waals surface area contributed by atoms with Gasteiger partial charge in [0.25, 0.3) is 5.91 Å². The normalized spacial score (nSPS) is 10.6. The number of carbonyl (C=O) groups excluding carboxylic acids is 2. The molecule has 2 aromatic heterocycles. The van der Waals surface area contributed by atoms with Gasteiger partial charge in [0.05, 0.1) is 12.3 Å². The van der Waals surface area contributed by atoms with E-state index in [4.69, 9.17) is 10.5 Å². The molecule has 106 valence electrons. The average molecular weight is 293 g/mol. The second-order valence-corrected chi connectivity index (χ2v) is 5.28. The first-order valence-corrected chi connectivity index (χ1v) is 6.90. The van der Waals surface area contributed by atoms with Crippen LogP contribution in [0, 0.1) is 13.8 Å². The van der Waals surface area contributed by atoms with E-state index in [-0.39, 0.29) is 11.5 Å². The van der Waals surface area contributed by atoms with Gasteiger partial charge in [-0.15, -0.1) is 11.3 Å². The Bertz CT molecular complexity index is 694. The van der Waals surface area contributed by atoms with Crippen molar-refractivity contribution in [2.24, 2.45) is 5.73 Å². The topological polar surface area (TPSA) is 94.3 Å². The van der Waals surface area contributed by atoms with E-state index in [0.717, 1.165) is 28.0 Å². The van der Waals surface area contributed by atoms with Crippen LogP contribution in [0.4, 0.5) is 10.5 Å². The molecule has 0 radical (unpaired) electrons. The van der Waals surface area contributed by atoms with E-state index in [1.165, 1.54) is 0 Å². The molecule has 0 spiro atoms. The molecule has 2 heterocycles. The van der Waals surface area contributed by atoms with Gasteiger partial charge in [-0.3, -0.25) is 10.1 Å². The smallest absolute Gasteiger partial charge is 0.411 e. The number of ether oxygens (including phenoxy) is 1. The van der Waals surface area contributed by atoms with Crippen molar-refractivity contribution in [1.29, 1.82) is 0 Å². The number of amides is 2. The molecule has 0 atom stereocenters. The zero-order valence-electron chi connectivity index (χ0n) is 11.4. The second kappa shape index (κ2) is 5.46. The molecular weight excluding hydrogens is 278 g/mol. The third-order valence-electron chi connectivity index (χ3n) is 2.71. The summed E-state index contributed by atoms with van der Waals surface area (Å²) in [5, 5.41) is 3.31. The molecule has 7 heteroatoms. The van der Waals surface area contributed by atoms with E-state index in [9.17, 15) is 9.59 Å². The Morgan fingerprint density at radius 3 is 2.75 bits per heavy atom. The van der Waals surface area contributed by atoms with Crippen molar-refractivity contribution in [3.05, 3.63) is 22.2 Å². The van der Waals surface area contributed by atoms with Crippen LogP contribution in [0.15, 0.2) is 6.07 Å². The molecule has 0 aromatic carbocycles. The molecule has 2 rings (SSSR count). The van der Waals surface area contributed by atoms with E-state index >= 15 is 0 Å². The quantitative estimate of drug-likeness (QED) is 0.909. The molecule has 3 N–H and O–H groups in total. The van der Waals surface area contributed by atoms with Crippen molar-refractivity contribution >= 4 is 39.2 Å². The summed E-state index contributed by atoms with van der Waals surface area (Å²) < 4.78 is 4.84. The Labute approximate surface area is 119 Å². The molecule has 2 amide bonds. The van der Waals surface area contributed by atoms with Crippen LogP contribution < -0.4 is 11.1 Å². The van der Waals surface area contributed by atoms with Crippen LogP contribution in [0.5, 0.6) is 0 Å². The number of aryl methyl sites for hydroxylation is 2. The average Bonchev–Trinajstić information content (AvgIpc) is 2.68. The first-order valence-electron chi connectivity index (χ1n) is 6.08. The first-order chi connectivity index (χ1) is 9.43. The molecule has 0 fully saturated rings. The van der Waals surface area contributed by atoms with Crippen molar-refractivity contribution < 1.29 is 14.3 Å². The van der Waals surface area contributed by atoms with Crippen molar-refractivity contribution in [3.8, 4) is 0 Å². The first kappa shape index (κ1) is 14.3. The lowest BCUT2D eigenvalue weighted by atomic mass is 10.1. The van der Waals surface area contributed by atoms with Gasteiger partial charge in [-0.25, -0.2) is 9.78 Å². The number of nitrogens with one attached hydrogen (secondary N) is 1. The predicted molar refractivity (Wildman–Crippen MR) is 78.3 cm³/mol. The number of hydrogen-bond donors (Lipinski definition) is 2. The van der Waals surface area contributed by atoms with E-state index in [1.807, 2.05) is 19.9 Å². The van der Waals surface area contributed by atoms with Gasteiger partial charge in [0, 0.05) is 11.1 Å². The summed E-state index contributed by atoms with van der Waals surface area (Å²) in [6.45, 7) is 5.71. The zero-order chi connectivity index (χ0) is 14.9. The summed E-state index contributed by atoms with van der Waals surface area (Å²) in [4.78, 5) is 28.5. The third kappa shape index (κ3) is 2.57. The number of nitrogens with zero attached hydrogens (tertiary/aromatic N) is 1. The standard InChI is InChI=1S/C13H15N3O3S/c1-4-19-13(18)16-9-8-6(2)5-7(3)15-12(8)20-10(9)11(14)17/h5H,4H2,1-3H3,(H2,14,17)(H,16,18). The maximum absolute atomic E-state index is 11.6. The Kier molecular flexibility index (Phi) is 3.89. The van der Waals surface area contributed by atoms with Gasteiger partial charge >= 0.3 is 6.09 Å². The Morgan fingerprint density at radius 2 is 2.15 bits per heavy atom. The van der Waals surface area contributed by atoms with Gasteiger partial charge < -0.3 is 10.5 Å². The van der Waals surface area contributed by atoms with Crippen LogP contribution in [-0.2, 0) is 4.74 Å². The highest BCUT2D eigenvalue weighted by atomic mass is 32.1. The maximum atomic E-state index is 11.6. The molecule has 0 saturated carbocycles. The highest BCUT2D eigenvalue weighted by Crippen LogP contribution is 2.37. The molecule has 2 aromatic rings. The van der Waals surface area contributed by atoms with Gasteiger partial charge in [-0.1, -0.05) is 0 Å². The second-order valence-electron chi connectivity index (χ2n) is 4.28. The molecule has 0 saturated heterocycles. The summed E-state index contributed by atoms with van der Waals surface area (Å²) in [5.74, 6) is -0.600. The number of rotatable bonds is 3. The number of aromatic nitrogens is 1. The lowest BCUT2D eigenvalue weighted by Crippen LogP contribution is -2.17. The van der Waals surface area contributed by atoms with Crippen LogP contribution in [0.3, 0.4) is 0 Å². The van der Waals surface area contributed by atoms with Gasteiger partial charge in [0.1, 0.15) is 9.71 Å². The molecule has 0 aliphatic heterocycles. The monoisotopic (exact) mass is 293 g/mol. The summed E-state index contributed by atoms with van der Waals surface area (Å²) in [7, 11) is 0. The summed E-state index contributed by atoms with van der Waals surface area (Å²) in [5.41, 5.74) is 7.51. The molecule has 0 bridgehead atoms. The minimum Gasteiger partial charge on any atom is -0.450 e. The molecule has 6 nitrogen and oxygen atoms in total. The zero-order valence-corrected chi connectivity index (χ0v) is 12.3. The maximum Gasteiger partial charge on any atom is 0.411 e. The van der Waals surface area contributed by atoms with Crippen LogP contribution in [-0.4, -0.2) is 23.6 Å². The van der Waals surface area contributed by atoms with Crippen molar-refractivity contribution in [3.63, 3.8) is 0 Å². The van der Waals surface area contributed by atoms with E-state index in [2.05, 4.69) is 10.3 Å². The summed E-state index contributed by atoms with van der Waals surface area (Å²) in [6.07, 6.45) is -0.616. The van der Waals surface area contributed by atoms with Crippen molar-refractivity contribution in [2.75, 3.05) is 11.9 Å². The minimum absolute atomic E-state index is 0.246. The van der Waals surface area contributed by atoms with E-state index in [1.54, 1.807) is 6.92 Å². The summed E-state index contributed by atoms with van der Waals surface area (Å²) in [6, 6.07) is 1.89. The third-order valence-corrected chi connectivity index (χ3v) is 3.81. The molecular formula is C13H15N3O3S. The van der Waals surface area contributed by atoms with Crippen LogP contribution in [0.1, 0.15) is 27.9 Å². The van der Waals surface area contributed by atoms with Gasteiger partial charge in [-0.2, -0.15) is 0 Å². The fourth-order valence-corrected chi connectivity index (χ4v) is 3.11. The molecule has 0 aliphatic rings. The van der Waals surface area contributed by atoms with Crippen LogP contribution in [0.2, 0.25) is 0 Å². The SMILES string of the molecule is CCOC(=O)Nc1c(C(N)=O)sc2nc(C)cc(C)c12. The molecule has 20 heavy (non-hydrogen) atoms. The largest absolute Gasteiger partial charge is 0.450 e. The highest BCUT2D eigenvalue weighted by molar-refractivity contribution is 7.21. The lowest BCUT2D eigenvalue weighted by molar-refractivity contribution is 0.100. The van der Waals surface area contributed by atoms with Crippen LogP contribution >= 0.6 is 11.3 Å². The Balaban J connectivity index is 2.62.